The molecule has 0 saturated heterocycles. The first-order valence-electron chi connectivity index (χ1n) is 9.75. The van der Waals surface area contributed by atoms with Crippen molar-refractivity contribution in [2.24, 2.45) is 10.2 Å². The van der Waals surface area contributed by atoms with Crippen molar-refractivity contribution in [2.45, 2.75) is 13.8 Å². The van der Waals surface area contributed by atoms with Crippen LogP contribution in [0.15, 0.2) is 83.0 Å². The predicted molar refractivity (Wildman–Crippen MR) is 120 cm³/mol. The standard InChI is InChI=1S/C24H28N4/c1-5-28(6-2)24-15-9-20(10-16-24)19-7-11-21(12-8-19)25-26-22-13-17-23(18-14-22)27(3)4/h7-18H,5-6H2,1-4H3. The van der Waals surface area contributed by atoms with Crippen molar-refractivity contribution in [3.05, 3.63) is 72.8 Å². The monoisotopic (exact) mass is 372 g/mol. The molecule has 0 radical (unpaired) electrons. The van der Waals surface area contributed by atoms with Gasteiger partial charge in [0, 0.05) is 38.6 Å². The van der Waals surface area contributed by atoms with Gasteiger partial charge in [0.15, 0.2) is 0 Å². The maximum Gasteiger partial charge on any atom is 0.0858 e. The van der Waals surface area contributed by atoms with Crippen LogP contribution < -0.4 is 9.80 Å². The third-order valence-electron chi connectivity index (χ3n) is 4.84. The Labute approximate surface area is 168 Å². The maximum atomic E-state index is 4.35. The van der Waals surface area contributed by atoms with Crippen LogP contribution in [0.25, 0.3) is 11.1 Å². The van der Waals surface area contributed by atoms with Gasteiger partial charge in [0.1, 0.15) is 0 Å². The van der Waals surface area contributed by atoms with E-state index in [0.29, 0.717) is 0 Å². The lowest BCUT2D eigenvalue weighted by Crippen LogP contribution is -2.21. The molecule has 3 aromatic carbocycles. The molecular weight excluding hydrogens is 344 g/mol. The number of rotatable bonds is 7. The highest BCUT2D eigenvalue weighted by atomic mass is 15.1. The Morgan fingerprint density at radius 1 is 0.571 bits per heavy atom. The number of anilines is 2. The van der Waals surface area contributed by atoms with Crippen molar-refractivity contribution in [1.82, 2.24) is 0 Å². The summed E-state index contributed by atoms with van der Waals surface area (Å²) < 4.78 is 0. The van der Waals surface area contributed by atoms with E-state index in [1.807, 2.05) is 50.5 Å². The van der Waals surface area contributed by atoms with Gasteiger partial charge >= 0.3 is 0 Å². The molecule has 28 heavy (non-hydrogen) atoms. The molecule has 0 spiro atoms. The van der Waals surface area contributed by atoms with Gasteiger partial charge in [0.2, 0.25) is 0 Å². The first-order chi connectivity index (χ1) is 13.6. The van der Waals surface area contributed by atoms with Crippen LogP contribution in [0.5, 0.6) is 0 Å². The summed E-state index contributed by atoms with van der Waals surface area (Å²) in [6, 6.07) is 25.0. The lowest BCUT2D eigenvalue weighted by molar-refractivity contribution is 0.866. The second-order valence-corrected chi connectivity index (χ2v) is 6.88. The quantitative estimate of drug-likeness (QED) is 0.433. The predicted octanol–water partition coefficient (Wildman–Crippen LogP) is 6.68. The fourth-order valence-corrected chi connectivity index (χ4v) is 3.11. The van der Waals surface area contributed by atoms with Crippen LogP contribution in [0.2, 0.25) is 0 Å². The summed E-state index contributed by atoms with van der Waals surface area (Å²) >= 11 is 0. The van der Waals surface area contributed by atoms with Crippen molar-refractivity contribution in [1.29, 1.82) is 0 Å². The van der Waals surface area contributed by atoms with Gasteiger partial charge in [0.25, 0.3) is 0 Å². The smallest absolute Gasteiger partial charge is 0.0858 e. The highest BCUT2D eigenvalue weighted by molar-refractivity contribution is 5.67. The van der Waals surface area contributed by atoms with Crippen LogP contribution in [0.1, 0.15) is 13.8 Å². The van der Waals surface area contributed by atoms with Crippen molar-refractivity contribution in [3.8, 4) is 11.1 Å². The molecular formula is C24H28N4. The molecule has 0 aliphatic heterocycles. The molecule has 0 N–H and O–H groups in total. The zero-order chi connectivity index (χ0) is 19.9. The molecule has 0 aliphatic carbocycles. The Hall–Kier alpha value is -3.14. The van der Waals surface area contributed by atoms with Crippen LogP contribution >= 0.6 is 0 Å². The Kier molecular flexibility index (Phi) is 6.43. The summed E-state index contributed by atoms with van der Waals surface area (Å²) in [7, 11) is 4.05. The Morgan fingerprint density at radius 3 is 1.39 bits per heavy atom. The fourth-order valence-electron chi connectivity index (χ4n) is 3.11. The van der Waals surface area contributed by atoms with Gasteiger partial charge in [-0.25, -0.2) is 0 Å². The molecule has 3 rings (SSSR count). The lowest BCUT2D eigenvalue weighted by Gasteiger charge is -2.21. The van der Waals surface area contributed by atoms with Gasteiger partial charge in [-0.3, -0.25) is 0 Å². The van der Waals surface area contributed by atoms with Crippen molar-refractivity contribution in [3.63, 3.8) is 0 Å². The van der Waals surface area contributed by atoms with E-state index in [0.717, 1.165) is 30.2 Å². The van der Waals surface area contributed by atoms with Crippen molar-refractivity contribution >= 4 is 22.7 Å². The highest BCUT2D eigenvalue weighted by Crippen LogP contribution is 2.26. The molecule has 3 aromatic rings. The number of hydrogen-bond donors (Lipinski definition) is 0. The summed E-state index contributed by atoms with van der Waals surface area (Å²) in [4.78, 5) is 4.41. The number of hydrogen-bond acceptors (Lipinski definition) is 4. The Morgan fingerprint density at radius 2 is 0.964 bits per heavy atom. The molecule has 0 saturated carbocycles. The number of nitrogens with zero attached hydrogens (tertiary/aromatic N) is 4. The van der Waals surface area contributed by atoms with Gasteiger partial charge in [0.05, 0.1) is 11.4 Å². The number of azo groups is 1. The minimum absolute atomic E-state index is 0.847. The molecule has 0 bridgehead atoms. The van der Waals surface area contributed by atoms with E-state index in [2.05, 4.69) is 70.3 Å². The largest absolute Gasteiger partial charge is 0.378 e. The molecule has 0 unspecified atom stereocenters. The van der Waals surface area contributed by atoms with Crippen LogP contribution in [-0.2, 0) is 0 Å². The zero-order valence-electron chi connectivity index (χ0n) is 17.1. The molecule has 4 heteroatoms. The van der Waals surface area contributed by atoms with Gasteiger partial charge in [-0.15, -0.1) is 0 Å². The Bertz CT molecular complexity index is 891. The third kappa shape index (κ3) is 4.77. The van der Waals surface area contributed by atoms with Crippen molar-refractivity contribution < 1.29 is 0 Å². The summed E-state index contributed by atoms with van der Waals surface area (Å²) in [5, 5.41) is 8.68. The van der Waals surface area contributed by atoms with E-state index in [-0.39, 0.29) is 0 Å². The SMILES string of the molecule is CCN(CC)c1ccc(-c2ccc(N=Nc3ccc(N(C)C)cc3)cc2)cc1. The topological polar surface area (TPSA) is 31.2 Å². The summed E-state index contributed by atoms with van der Waals surface area (Å²) in [6.45, 7) is 6.41. The first-order valence-corrected chi connectivity index (χ1v) is 9.75. The van der Waals surface area contributed by atoms with E-state index in [1.165, 1.54) is 16.8 Å². The van der Waals surface area contributed by atoms with Gasteiger partial charge < -0.3 is 9.80 Å². The second-order valence-electron chi connectivity index (χ2n) is 6.88. The summed E-state index contributed by atoms with van der Waals surface area (Å²) in [5.41, 5.74) is 6.50. The second kappa shape index (κ2) is 9.18. The lowest BCUT2D eigenvalue weighted by atomic mass is 10.0. The maximum absolute atomic E-state index is 4.35. The van der Waals surface area contributed by atoms with Crippen LogP contribution in [-0.4, -0.2) is 27.2 Å². The van der Waals surface area contributed by atoms with E-state index in [4.69, 9.17) is 0 Å². The first kappa shape index (κ1) is 19.6. The summed E-state index contributed by atoms with van der Waals surface area (Å²) in [5.74, 6) is 0. The minimum Gasteiger partial charge on any atom is -0.378 e. The molecule has 4 nitrogen and oxygen atoms in total. The molecule has 0 amide bonds. The number of benzene rings is 3. The zero-order valence-corrected chi connectivity index (χ0v) is 17.1. The van der Waals surface area contributed by atoms with Crippen LogP contribution in [0.3, 0.4) is 0 Å². The molecule has 144 valence electrons. The van der Waals surface area contributed by atoms with Gasteiger partial charge in [-0.05, 0) is 73.5 Å². The van der Waals surface area contributed by atoms with Crippen molar-refractivity contribution in [2.75, 3.05) is 37.0 Å². The van der Waals surface area contributed by atoms with E-state index >= 15 is 0 Å². The third-order valence-corrected chi connectivity index (χ3v) is 4.84. The molecule has 0 aliphatic rings. The fraction of sp³-hybridized carbons (Fsp3) is 0.250. The molecule has 0 heterocycles. The van der Waals surface area contributed by atoms with E-state index in [9.17, 15) is 0 Å². The van der Waals surface area contributed by atoms with Gasteiger partial charge in [-0.1, -0.05) is 24.3 Å². The molecule has 0 atom stereocenters. The molecule has 0 fully saturated rings. The summed E-state index contributed by atoms with van der Waals surface area (Å²) in [6.07, 6.45) is 0. The minimum atomic E-state index is 0.847. The molecule has 0 aromatic heterocycles. The normalized spacial score (nSPS) is 11.0. The Balaban J connectivity index is 1.69. The van der Waals surface area contributed by atoms with Gasteiger partial charge in [-0.2, -0.15) is 10.2 Å². The van der Waals surface area contributed by atoms with Crippen LogP contribution in [0, 0.1) is 0 Å². The van der Waals surface area contributed by atoms with E-state index in [1.54, 1.807) is 0 Å². The van der Waals surface area contributed by atoms with Crippen LogP contribution in [0.4, 0.5) is 22.7 Å². The highest BCUT2D eigenvalue weighted by Gasteiger charge is 2.03. The average molecular weight is 373 g/mol. The average Bonchev–Trinajstić information content (AvgIpc) is 2.74. The van der Waals surface area contributed by atoms with E-state index < -0.39 is 0 Å².